The van der Waals surface area contributed by atoms with Crippen molar-refractivity contribution in [3.8, 4) is 28.5 Å². The number of aryl methyl sites for hydroxylation is 2. The summed E-state index contributed by atoms with van der Waals surface area (Å²) in [4.78, 5) is 24.3. The van der Waals surface area contributed by atoms with Crippen LogP contribution in [0.15, 0.2) is 73.1 Å². The number of aromatic nitrogens is 4. The number of carbonyl (C=O) groups excluding carboxylic acids is 1. The van der Waals surface area contributed by atoms with E-state index in [0.717, 1.165) is 33.4 Å². The number of rotatable bonds is 7. The molecule has 36 heavy (non-hydrogen) atoms. The van der Waals surface area contributed by atoms with Crippen molar-refractivity contribution >= 4 is 28.6 Å². The van der Waals surface area contributed by atoms with Gasteiger partial charge in [0.25, 0.3) is 5.91 Å². The maximum absolute atomic E-state index is 11.4. The van der Waals surface area contributed by atoms with Crippen LogP contribution in [0.25, 0.3) is 22.2 Å². The molecule has 9 heteroatoms. The first-order valence-electron chi connectivity index (χ1n) is 11.2. The van der Waals surface area contributed by atoms with Gasteiger partial charge in [-0.1, -0.05) is 6.07 Å². The lowest BCUT2D eigenvalue weighted by molar-refractivity contribution is 0.0995. The molecule has 0 radical (unpaired) electrons. The summed E-state index contributed by atoms with van der Waals surface area (Å²) >= 11 is 0. The first-order chi connectivity index (χ1) is 17.4. The minimum absolute atomic E-state index is 0.139. The van der Waals surface area contributed by atoms with Crippen LogP contribution in [0.1, 0.15) is 16.1 Å². The predicted octanol–water partition coefficient (Wildman–Crippen LogP) is 4.98. The van der Waals surface area contributed by atoms with Gasteiger partial charge in [0.2, 0.25) is 11.8 Å². The maximum atomic E-state index is 11.4. The summed E-state index contributed by atoms with van der Waals surface area (Å²) in [6.45, 7) is 2.07. The van der Waals surface area contributed by atoms with Crippen molar-refractivity contribution in [2.24, 2.45) is 12.8 Å². The topological polar surface area (TPSA) is 117 Å². The Hall–Kier alpha value is -4.92. The first kappa shape index (κ1) is 22.9. The van der Waals surface area contributed by atoms with Crippen LogP contribution >= 0.6 is 0 Å². The SMILES string of the molecule is COc1cc(-c2cc(Nc3nc4cc(Oc5ccnc(C(N)=O)c5)ccc4n3C)ccc2C)ccn1. The number of benzene rings is 2. The van der Waals surface area contributed by atoms with Gasteiger partial charge in [0, 0.05) is 43.3 Å². The Morgan fingerprint density at radius 3 is 2.58 bits per heavy atom. The highest BCUT2D eigenvalue weighted by Gasteiger charge is 2.12. The van der Waals surface area contributed by atoms with Crippen LogP contribution in [-0.4, -0.2) is 32.5 Å². The minimum Gasteiger partial charge on any atom is -0.481 e. The third-order valence-electron chi connectivity index (χ3n) is 5.82. The highest BCUT2D eigenvalue weighted by Crippen LogP contribution is 2.31. The summed E-state index contributed by atoms with van der Waals surface area (Å²) in [6, 6.07) is 18.8. The fourth-order valence-electron chi connectivity index (χ4n) is 3.93. The summed E-state index contributed by atoms with van der Waals surface area (Å²) in [6.07, 6.45) is 3.22. The van der Waals surface area contributed by atoms with E-state index in [-0.39, 0.29) is 5.69 Å². The van der Waals surface area contributed by atoms with E-state index in [4.69, 9.17) is 20.2 Å². The molecule has 0 atom stereocenters. The minimum atomic E-state index is -0.612. The number of carbonyl (C=O) groups is 1. The lowest BCUT2D eigenvalue weighted by Gasteiger charge is -2.12. The van der Waals surface area contributed by atoms with E-state index in [9.17, 15) is 4.79 Å². The van der Waals surface area contributed by atoms with E-state index in [1.165, 1.54) is 12.3 Å². The third-order valence-corrected chi connectivity index (χ3v) is 5.82. The van der Waals surface area contributed by atoms with Crippen molar-refractivity contribution in [1.82, 2.24) is 19.5 Å². The van der Waals surface area contributed by atoms with E-state index in [2.05, 4.69) is 34.3 Å². The number of methoxy groups -OCH3 is 1. The Kier molecular flexibility index (Phi) is 5.95. The summed E-state index contributed by atoms with van der Waals surface area (Å²) in [5.74, 6) is 1.68. The number of hydrogen-bond acceptors (Lipinski definition) is 7. The molecular weight excluding hydrogens is 456 g/mol. The van der Waals surface area contributed by atoms with Crippen LogP contribution in [-0.2, 0) is 7.05 Å². The van der Waals surface area contributed by atoms with Gasteiger partial charge in [0.15, 0.2) is 0 Å². The second kappa shape index (κ2) is 9.38. The summed E-state index contributed by atoms with van der Waals surface area (Å²) < 4.78 is 13.2. The van der Waals surface area contributed by atoms with Crippen molar-refractivity contribution < 1.29 is 14.3 Å². The zero-order valence-corrected chi connectivity index (χ0v) is 20.0. The van der Waals surface area contributed by atoms with Gasteiger partial charge >= 0.3 is 0 Å². The second-order valence-electron chi connectivity index (χ2n) is 8.23. The van der Waals surface area contributed by atoms with Gasteiger partial charge in [-0.15, -0.1) is 0 Å². The van der Waals surface area contributed by atoms with Gasteiger partial charge in [0.1, 0.15) is 17.2 Å². The summed E-state index contributed by atoms with van der Waals surface area (Å²) in [5.41, 5.74) is 11.3. The normalized spacial score (nSPS) is 10.9. The van der Waals surface area contributed by atoms with Crippen molar-refractivity contribution in [3.63, 3.8) is 0 Å². The molecular formula is C27H24N6O3. The first-order valence-corrected chi connectivity index (χ1v) is 11.2. The van der Waals surface area contributed by atoms with Gasteiger partial charge in [-0.25, -0.2) is 9.97 Å². The lowest BCUT2D eigenvalue weighted by Crippen LogP contribution is -2.12. The average molecular weight is 481 g/mol. The Labute approximate surface area is 207 Å². The number of ether oxygens (including phenoxy) is 2. The van der Waals surface area contributed by atoms with Crippen LogP contribution in [0.3, 0.4) is 0 Å². The molecule has 3 N–H and O–H groups in total. The molecule has 0 unspecified atom stereocenters. The Bertz CT molecular complexity index is 1590. The highest BCUT2D eigenvalue weighted by atomic mass is 16.5. The van der Waals surface area contributed by atoms with Gasteiger partial charge in [-0.05, 0) is 60.0 Å². The van der Waals surface area contributed by atoms with Crippen LogP contribution < -0.4 is 20.5 Å². The second-order valence-corrected chi connectivity index (χ2v) is 8.23. The molecule has 0 saturated heterocycles. The maximum Gasteiger partial charge on any atom is 0.267 e. The zero-order chi connectivity index (χ0) is 25.2. The number of amides is 1. The molecule has 0 fully saturated rings. The van der Waals surface area contributed by atoms with Crippen molar-refractivity contribution in [2.45, 2.75) is 6.92 Å². The van der Waals surface area contributed by atoms with Gasteiger partial charge in [-0.2, -0.15) is 0 Å². The highest BCUT2D eigenvalue weighted by molar-refractivity contribution is 5.91. The number of hydrogen-bond donors (Lipinski definition) is 2. The fourth-order valence-corrected chi connectivity index (χ4v) is 3.93. The number of imidazole rings is 1. The average Bonchev–Trinajstić information content (AvgIpc) is 3.19. The Balaban J connectivity index is 1.42. The summed E-state index contributed by atoms with van der Waals surface area (Å²) in [7, 11) is 3.55. The number of nitrogens with two attached hydrogens (primary N) is 1. The van der Waals surface area contributed by atoms with E-state index < -0.39 is 5.91 Å². The van der Waals surface area contributed by atoms with Crippen LogP contribution in [0.2, 0.25) is 0 Å². The standard InChI is InChI=1S/C27H24N6O3/c1-16-4-5-18(13-21(16)17-8-10-30-25(12-17)35-3)31-27-32-22-14-19(6-7-24(22)33(27)2)36-20-9-11-29-23(15-20)26(28)34/h4-15H,1-3H3,(H2,28,34)(H,31,32). The Morgan fingerprint density at radius 1 is 0.972 bits per heavy atom. The van der Waals surface area contributed by atoms with Crippen molar-refractivity contribution in [2.75, 3.05) is 12.4 Å². The summed E-state index contributed by atoms with van der Waals surface area (Å²) in [5, 5.41) is 3.42. The molecule has 0 saturated carbocycles. The van der Waals surface area contributed by atoms with E-state index in [1.54, 1.807) is 19.4 Å². The molecule has 0 spiro atoms. The van der Waals surface area contributed by atoms with E-state index in [1.807, 2.05) is 48.0 Å². The molecule has 1 amide bonds. The van der Waals surface area contributed by atoms with E-state index in [0.29, 0.717) is 23.3 Å². The Morgan fingerprint density at radius 2 is 1.78 bits per heavy atom. The fraction of sp³-hybridized carbons (Fsp3) is 0.111. The third kappa shape index (κ3) is 4.54. The zero-order valence-electron chi connectivity index (χ0n) is 20.0. The molecule has 0 aliphatic rings. The van der Waals surface area contributed by atoms with Gasteiger partial charge in [0.05, 0.1) is 18.1 Å². The van der Waals surface area contributed by atoms with Crippen LogP contribution in [0.5, 0.6) is 17.4 Å². The number of fused-ring (bicyclic) bond motifs is 1. The van der Waals surface area contributed by atoms with Crippen molar-refractivity contribution in [1.29, 1.82) is 0 Å². The molecule has 9 nitrogen and oxygen atoms in total. The van der Waals surface area contributed by atoms with Crippen LogP contribution in [0.4, 0.5) is 11.6 Å². The largest absolute Gasteiger partial charge is 0.481 e. The van der Waals surface area contributed by atoms with Gasteiger partial charge < -0.3 is 25.1 Å². The van der Waals surface area contributed by atoms with Crippen molar-refractivity contribution in [3.05, 3.63) is 84.3 Å². The number of nitrogens with zero attached hydrogens (tertiary/aromatic N) is 4. The molecule has 5 rings (SSSR count). The van der Waals surface area contributed by atoms with E-state index >= 15 is 0 Å². The number of anilines is 2. The monoisotopic (exact) mass is 480 g/mol. The molecule has 0 aliphatic heterocycles. The molecule has 3 aromatic heterocycles. The van der Waals surface area contributed by atoms with Crippen LogP contribution in [0, 0.1) is 6.92 Å². The molecule has 0 bridgehead atoms. The molecule has 0 aliphatic carbocycles. The predicted molar refractivity (Wildman–Crippen MR) is 138 cm³/mol. The molecule has 180 valence electrons. The molecule has 5 aromatic rings. The number of primary amides is 1. The smallest absolute Gasteiger partial charge is 0.267 e. The number of pyridine rings is 2. The number of nitrogens with one attached hydrogen (secondary N) is 1. The van der Waals surface area contributed by atoms with Gasteiger partial charge in [-0.3, -0.25) is 9.78 Å². The lowest BCUT2D eigenvalue weighted by atomic mass is 10.0. The molecule has 3 heterocycles. The molecule has 2 aromatic carbocycles. The quantitative estimate of drug-likeness (QED) is 0.337.